The number of unbranched alkanes of at least 4 members (excludes halogenated alkanes) is 20. The van der Waals surface area contributed by atoms with E-state index in [4.69, 9.17) is 9.47 Å². The van der Waals surface area contributed by atoms with Crippen LogP contribution < -0.4 is 4.72 Å². The molecule has 8 nitrogen and oxygen atoms in total. The second kappa shape index (κ2) is 42.5. The van der Waals surface area contributed by atoms with Crippen LogP contribution in [-0.4, -0.2) is 69.9 Å². The Morgan fingerprint density at radius 2 is 0.914 bits per heavy atom. The smallest absolute Gasteiger partial charge is 0.306 e. The molecule has 0 radical (unpaired) electrons. The number of sulfonamides is 1. The SMILES string of the molecule is CCCCCCCCC(CCCCCCCC)OC(=O)CCCCCCCN(CCCCCCCC(=O)OCCC(CCCC)CCCC)CCCNS(=O)(=O)CC. The number of hydrogen-bond donors (Lipinski definition) is 1. The van der Waals surface area contributed by atoms with Gasteiger partial charge in [-0.25, -0.2) is 13.1 Å². The molecular weight excluding hydrogens is 745 g/mol. The third-order valence-electron chi connectivity index (χ3n) is 11.8. The lowest BCUT2D eigenvalue weighted by Gasteiger charge is -2.22. The molecule has 0 spiro atoms. The first-order valence-corrected chi connectivity index (χ1v) is 26.9. The minimum absolute atomic E-state index is 0.00389. The van der Waals surface area contributed by atoms with Gasteiger partial charge in [0.1, 0.15) is 6.10 Å². The third-order valence-corrected chi connectivity index (χ3v) is 13.2. The van der Waals surface area contributed by atoms with Crippen LogP contribution in [0, 0.1) is 5.92 Å². The van der Waals surface area contributed by atoms with Crippen LogP contribution >= 0.6 is 0 Å². The summed E-state index contributed by atoms with van der Waals surface area (Å²) >= 11 is 0. The van der Waals surface area contributed by atoms with Crippen molar-refractivity contribution in [2.75, 3.05) is 38.5 Å². The largest absolute Gasteiger partial charge is 0.466 e. The highest BCUT2D eigenvalue weighted by molar-refractivity contribution is 7.89. The number of nitrogens with one attached hydrogen (secondary N) is 1. The highest BCUT2D eigenvalue weighted by atomic mass is 32.2. The molecule has 0 aromatic carbocycles. The number of carbonyl (C=O) groups is 2. The summed E-state index contributed by atoms with van der Waals surface area (Å²) in [6.45, 7) is 14.6. The lowest BCUT2D eigenvalue weighted by atomic mass is 9.93. The number of carbonyl (C=O) groups excluding carboxylic acids is 2. The average molecular weight is 843 g/mol. The van der Waals surface area contributed by atoms with Gasteiger partial charge in [-0.05, 0) is 96.7 Å². The van der Waals surface area contributed by atoms with Crippen LogP contribution in [0.1, 0.15) is 253 Å². The number of esters is 2. The summed E-state index contributed by atoms with van der Waals surface area (Å²) < 4.78 is 38.2. The summed E-state index contributed by atoms with van der Waals surface area (Å²) in [6, 6.07) is 0. The summed E-state index contributed by atoms with van der Waals surface area (Å²) in [4.78, 5) is 27.6. The van der Waals surface area contributed by atoms with Gasteiger partial charge in [0.05, 0.1) is 12.4 Å². The van der Waals surface area contributed by atoms with Gasteiger partial charge in [0.15, 0.2) is 0 Å². The third kappa shape index (κ3) is 39.0. The predicted octanol–water partition coefficient (Wildman–Crippen LogP) is 13.6. The van der Waals surface area contributed by atoms with E-state index < -0.39 is 10.0 Å². The van der Waals surface area contributed by atoms with E-state index >= 15 is 0 Å². The molecule has 0 aliphatic rings. The molecule has 0 saturated carbocycles. The number of hydrogen-bond acceptors (Lipinski definition) is 7. The molecule has 0 aromatic rings. The van der Waals surface area contributed by atoms with Crippen LogP contribution in [0.4, 0.5) is 0 Å². The van der Waals surface area contributed by atoms with Crippen molar-refractivity contribution in [1.29, 1.82) is 0 Å². The Bertz CT molecular complexity index is 985. The molecule has 0 aliphatic heterocycles. The highest BCUT2D eigenvalue weighted by Crippen LogP contribution is 2.21. The molecule has 0 amide bonds. The van der Waals surface area contributed by atoms with E-state index in [1.54, 1.807) is 6.92 Å². The van der Waals surface area contributed by atoms with Crippen molar-refractivity contribution < 1.29 is 27.5 Å². The molecule has 346 valence electrons. The normalized spacial score (nSPS) is 12.0. The van der Waals surface area contributed by atoms with E-state index in [1.807, 2.05) is 0 Å². The molecule has 0 atom stereocenters. The van der Waals surface area contributed by atoms with E-state index in [1.165, 1.54) is 116 Å². The van der Waals surface area contributed by atoms with Crippen LogP contribution in [0.3, 0.4) is 0 Å². The molecule has 0 fully saturated rings. The summed E-state index contributed by atoms with van der Waals surface area (Å²) in [5.41, 5.74) is 0. The van der Waals surface area contributed by atoms with Gasteiger partial charge in [0.2, 0.25) is 10.0 Å². The Kier molecular flexibility index (Phi) is 41.6. The summed E-state index contributed by atoms with van der Waals surface area (Å²) in [5, 5.41) is 0. The molecule has 0 aromatic heterocycles. The van der Waals surface area contributed by atoms with E-state index in [-0.39, 0.29) is 23.8 Å². The molecule has 0 saturated heterocycles. The lowest BCUT2D eigenvalue weighted by Crippen LogP contribution is -2.32. The van der Waals surface area contributed by atoms with E-state index in [0.717, 1.165) is 110 Å². The van der Waals surface area contributed by atoms with Gasteiger partial charge in [-0.3, -0.25) is 9.59 Å². The monoisotopic (exact) mass is 843 g/mol. The predicted molar refractivity (Wildman–Crippen MR) is 248 cm³/mol. The molecule has 1 N–H and O–H groups in total. The van der Waals surface area contributed by atoms with Crippen molar-refractivity contribution in [2.24, 2.45) is 5.92 Å². The number of ether oxygens (including phenoxy) is 2. The Hall–Kier alpha value is -1.19. The molecule has 0 unspecified atom stereocenters. The number of nitrogens with zero attached hydrogens (tertiary/aromatic N) is 1. The van der Waals surface area contributed by atoms with Gasteiger partial charge < -0.3 is 14.4 Å². The zero-order valence-corrected chi connectivity index (χ0v) is 40.1. The number of rotatable bonds is 46. The molecule has 58 heavy (non-hydrogen) atoms. The van der Waals surface area contributed by atoms with Crippen molar-refractivity contribution in [3.63, 3.8) is 0 Å². The van der Waals surface area contributed by atoms with E-state index in [0.29, 0.717) is 31.9 Å². The standard InChI is InChI=1S/C49H98N2O6S/c1-6-11-15-17-21-27-36-47(37-28-22-18-16-12-7-2)57-49(53)39-30-24-20-26-32-43-51(44-33-41-50-58(54,55)10-5)42-31-25-19-23-29-38-48(52)56-45-40-46(34-13-8-3)35-14-9-4/h46-47,50H,6-45H2,1-5H3. The molecular formula is C49H98N2O6S. The van der Waals surface area contributed by atoms with Crippen LogP contribution in [0.25, 0.3) is 0 Å². The Labute approximate surface area is 361 Å². The van der Waals surface area contributed by atoms with Crippen molar-refractivity contribution >= 4 is 22.0 Å². The van der Waals surface area contributed by atoms with Crippen LogP contribution in [0.2, 0.25) is 0 Å². The first-order valence-electron chi connectivity index (χ1n) is 25.3. The fourth-order valence-electron chi connectivity index (χ4n) is 7.88. The summed E-state index contributed by atoms with van der Waals surface area (Å²) in [5.74, 6) is 0.757. The fraction of sp³-hybridized carbons (Fsp3) is 0.959. The van der Waals surface area contributed by atoms with Gasteiger partial charge in [-0.1, -0.05) is 169 Å². The molecule has 0 rings (SSSR count). The van der Waals surface area contributed by atoms with Crippen molar-refractivity contribution in [3.05, 3.63) is 0 Å². The maximum atomic E-state index is 12.8. The topological polar surface area (TPSA) is 102 Å². The first-order chi connectivity index (χ1) is 28.2. The van der Waals surface area contributed by atoms with E-state index in [9.17, 15) is 18.0 Å². The van der Waals surface area contributed by atoms with Crippen molar-refractivity contribution in [2.45, 2.75) is 259 Å². The fourth-order valence-corrected chi connectivity index (χ4v) is 8.54. The average Bonchev–Trinajstić information content (AvgIpc) is 3.21. The van der Waals surface area contributed by atoms with Gasteiger partial charge in [0.25, 0.3) is 0 Å². The Morgan fingerprint density at radius 3 is 1.41 bits per heavy atom. The van der Waals surface area contributed by atoms with Crippen molar-refractivity contribution in [1.82, 2.24) is 9.62 Å². The van der Waals surface area contributed by atoms with Gasteiger partial charge in [-0.15, -0.1) is 0 Å². The maximum Gasteiger partial charge on any atom is 0.306 e. The van der Waals surface area contributed by atoms with Crippen LogP contribution in [0.5, 0.6) is 0 Å². The minimum Gasteiger partial charge on any atom is -0.466 e. The second-order valence-corrected chi connectivity index (χ2v) is 19.5. The summed E-state index contributed by atoms with van der Waals surface area (Å²) in [6.07, 6.45) is 38.4. The maximum absolute atomic E-state index is 12.8. The molecule has 0 aliphatic carbocycles. The van der Waals surface area contributed by atoms with Crippen LogP contribution in [-0.2, 0) is 29.1 Å². The highest BCUT2D eigenvalue weighted by Gasteiger charge is 2.15. The quantitative estimate of drug-likeness (QED) is 0.0481. The zero-order chi connectivity index (χ0) is 42.8. The second-order valence-electron chi connectivity index (χ2n) is 17.4. The molecule has 9 heteroatoms. The zero-order valence-electron chi connectivity index (χ0n) is 39.2. The summed E-state index contributed by atoms with van der Waals surface area (Å²) in [7, 11) is -3.16. The Balaban J connectivity index is 4.47. The van der Waals surface area contributed by atoms with Crippen LogP contribution in [0.15, 0.2) is 0 Å². The first kappa shape index (κ1) is 56.8. The molecule has 0 heterocycles. The van der Waals surface area contributed by atoms with Gasteiger partial charge in [0, 0.05) is 19.4 Å². The van der Waals surface area contributed by atoms with Gasteiger partial charge in [-0.2, -0.15) is 0 Å². The Morgan fingerprint density at radius 1 is 0.483 bits per heavy atom. The minimum atomic E-state index is -3.16. The van der Waals surface area contributed by atoms with E-state index in [2.05, 4.69) is 37.3 Å². The molecule has 0 bridgehead atoms. The van der Waals surface area contributed by atoms with Crippen molar-refractivity contribution in [3.8, 4) is 0 Å². The lowest BCUT2D eigenvalue weighted by molar-refractivity contribution is -0.150. The van der Waals surface area contributed by atoms with Gasteiger partial charge >= 0.3 is 11.9 Å².